The second-order valence-corrected chi connectivity index (χ2v) is 5.77. The second kappa shape index (κ2) is 4.86. The van der Waals surface area contributed by atoms with E-state index >= 15 is 0 Å². The molecule has 0 aromatic carbocycles. The van der Waals surface area contributed by atoms with Gasteiger partial charge in [-0.2, -0.15) is 0 Å². The van der Waals surface area contributed by atoms with E-state index in [-0.39, 0.29) is 30.2 Å². The maximum atomic E-state index is 12.3. The number of nitrogens with two attached hydrogens (primary N) is 1. The van der Waals surface area contributed by atoms with Gasteiger partial charge in [0.25, 0.3) is 0 Å². The molecule has 2 atom stereocenters. The number of nitrogens with one attached hydrogen (secondary N) is 1. The highest BCUT2D eigenvalue weighted by Gasteiger charge is 2.43. The van der Waals surface area contributed by atoms with Crippen molar-refractivity contribution in [3.05, 3.63) is 5.69 Å². The van der Waals surface area contributed by atoms with E-state index in [1.165, 1.54) is 4.90 Å². The fourth-order valence-corrected chi connectivity index (χ4v) is 3.40. The van der Waals surface area contributed by atoms with Gasteiger partial charge in [0.2, 0.25) is 11.8 Å². The Labute approximate surface area is 114 Å². The van der Waals surface area contributed by atoms with Crippen molar-refractivity contribution in [1.29, 1.82) is 0 Å². The molecule has 102 valence electrons. The highest BCUT2D eigenvalue weighted by molar-refractivity contribution is 7.10. The van der Waals surface area contributed by atoms with Crippen LogP contribution in [0.15, 0.2) is 0 Å². The van der Waals surface area contributed by atoms with Gasteiger partial charge in [-0.3, -0.25) is 14.5 Å². The first kappa shape index (κ1) is 12.5. The summed E-state index contributed by atoms with van der Waals surface area (Å²) in [6.45, 7) is 0.167. The quantitative estimate of drug-likeness (QED) is 0.475. The Kier molecular flexibility index (Phi) is 3.19. The lowest BCUT2D eigenvalue weighted by Crippen LogP contribution is -2.50. The Hall–Kier alpha value is -1.54. The number of piperidine rings is 1. The number of imide groups is 1. The van der Waals surface area contributed by atoms with Crippen LogP contribution in [0.1, 0.15) is 31.4 Å². The monoisotopic (exact) mass is 281 g/mol. The Bertz CT molecular complexity index is 495. The lowest BCUT2D eigenvalue weighted by Gasteiger charge is -2.38. The molecule has 1 saturated carbocycles. The van der Waals surface area contributed by atoms with Gasteiger partial charge in [-0.05, 0) is 19.3 Å². The van der Waals surface area contributed by atoms with Crippen LogP contribution in [0.2, 0.25) is 0 Å². The Morgan fingerprint density at radius 2 is 2.00 bits per heavy atom. The van der Waals surface area contributed by atoms with Crippen molar-refractivity contribution >= 4 is 28.3 Å². The van der Waals surface area contributed by atoms with Crippen LogP contribution in [0.5, 0.6) is 0 Å². The molecule has 7 nitrogen and oxygen atoms in total. The summed E-state index contributed by atoms with van der Waals surface area (Å²) in [5.74, 6) is 5.20. The molecule has 19 heavy (non-hydrogen) atoms. The molecule has 3 N–H and O–H groups in total. The molecule has 3 rings (SSSR count). The third-order valence-corrected chi connectivity index (χ3v) is 4.60. The molecule has 1 aromatic rings. The number of hydrazine groups is 1. The van der Waals surface area contributed by atoms with Crippen molar-refractivity contribution in [3.63, 3.8) is 0 Å². The number of rotatable bonds is 3. The summed E-state index contributed by atoms with van der Waals surface area (Å²) in [5, 5.41) is 4.52. The minimum atomic E-state index is -0.0723. The van der Waals surface area contributed by atoms with E-state index in [1.54, 1.807) is 0 Å². The van der Waals surface area contributed by atoms with Gasteiger partial charge in [0.15, 0.2) is 0 Å². The highest BCUT2D eigenvalue weighted by Crippen LogP contribution is 2.37. The third kappa shape index (κ3) is 2.10. The largest absolute Gasteiger partial charge is 0.313 e. The predicted molar refractivity (Wildman–Crippen MR) is 68.7 cm³/mol. The summed E-state index contributed by atoms with van der Waals surface area (Å²) in [4.78, 5) is 25.9. The fraction of sp³-hybridized carbons (Fsp3) is 0.636. The fourth-order valence-electron chi connectivity index (χ4n) is 2.92. The third-order valence-electron chi connectivity index (χ3n) is 3.90. The van der Waals surface area contributed by atoms with Gasteiger partial charge >= 0.3 is 0 Å². The van der Waals surface area contributed by atoms with Crippen molar-refractivity contribution in [3.8, 4) is 0 Å². The maximum absolute atomic E-state index is 12.3. The van der Waals surface area contributed by atoms with E-state index in [2.05, 4.69) is 15.0 Å². The number of amides is 2. The maximum Gasteiger partial charge on any atom is 0.232 e. The molecule has 1 aromatic heterocycles. The zero-order chi connectivity index (χ0) is 13.4. The molecule has 2 aliphatic rings. The van der Waals surface area contributed by atoms with Gasteiger partial charge in [0.1, 0.15) is 10.7 Å². The number of nitrogen functional groups attached to an aromatic ring is 1. The van der Waals surface area contributed by atoms with Crippen molar-refractivity contribution in [1.82, 2.24) is 14.5 Å². The molecule has 2 amide bonds. The SMILES string of the molecule is NNc1snnc1CN1C(=O)C2CCCC(C2)C1=O. The average Bonchev–Trinajstić information content (AvgIpc) is 2.89. The molecule has 0 spiro atoms. The predicted octanol–water partition coefficient (Wildman–Crippen LogP) is 0.499. The number of fused-ring (bicyclic) bond motifs is 2. The van der Waals surface area contributed by atoms with Gasteiger partial charge in [-0.1, -0.05) is 10.9 Å². The number of hydrogen-bond acceptors (Lipinski definition) is 7. The van der Waals surface area contributed by atoms with Crippen molar-refractivity contribution in [2.24, 2.45) is 17.7 Å². The summed E-state index contributed by atoms with van der Waals surface area (Å²) < 4.78 is 3.78. The van der Waals surface area contributed by atoms with Crippen LogP contribution in [0.4, 0.5) is 5.00 Å². The molecular weight excluding hydrogens is 266 g/mol. The van der Waals surface area contributed by atoms with Gasteiger partial charge in [0, 0.05) is 23.4 Å². The molecule has 8 heteroatoms. The van der Waals surface area contributed by atoms with Gasteiger partial charge < -0.3 is 5.43 Å². The Morgan fingerprint density at radius 1 is 1.32 bits per heavy atom. The Morgan fingerprint density at radius 3 is 2.63 bits per heavy atom. The lowest BCUT2D eigenvalue weighted by atomic mass is 9.77. The minimum absolute atomic E-state index is 0.00247. The first-order valence-corrected chi connectivity index (χ1v) is 7.11. The summed E-state index contributed by atoms with van der Waals surface area (Å²) in [6, 6.07) is 0. The molecule has 2 fully saturated rings. The van der Waals surface area contributed by atoms with E-state index in [1.807, 2.05) is 0 Å². The van der Waals surface area contributed by atoms with Crippen molar-refractivity contribution in [2.75, 3.05) is 5.43 Å². The molecule has 2 bridgehead atoms. The first-order valence-electron chi connectivity index (χ1n) is 6.33. The first-order chi connectivity index (χ1) is 9.20. The molecule has 2 heterocycles. The van der Waals surface area contributed by atoms with E-state index in [4.69, 9.17) is 5.84 Å². The van der Waals surface area contributed by atoms with Crippen LogP contribution in [-0.2, 0) is 16.1 Å². The number of hydrogen-bond donors (Lipinski definition) is 2. The second-order valence-electron chi connectivity index (χ2n) is 5.02. The topological polar surface area (TPSA) is 101 Å². The zero-order valence-corrected chi connectivity index (χ0v) is 11.2. The number of anilines is 1. The van der Waals surface area contributed by atoms with Crippen LogP contribution in [0.25, 0.3) is 0 Å². The average molecular weight is 281 g/mol. The molecule has 2 unspecified atom stereocenters. The van der Waals surface area contributed by atoms with Crippen molar-refractivity contribution in [2.45, 2.75) is 32.2 Å². The van der Waals surface area contributed by atoms with E-state index < -0.39 is 0 Å². The van der Waals surface area contributed by atoms with Crippen LogP contribution >= 0.6 is 11.5 Å². The normalized spacial score (nSPS) is 26.7. The number of aromatic nitrogens is 2. The summed E-state index contributed by atoms with van der Waals surface area (Å²) >= 11 is 1.12. The van der Waals surface area contributed by atoms with E-state index in [0.29, 0.717) is 17.1 Å². The standard InChI is InChI=1S/C11H15N5O2S/c12-13-9-8(14-15-19-9)5-16-10(17)6-2-1-3-7(4-6)11(16)18/h6-7,13H,1-5,12H2. The molecule has 0 radical (unpaired) electrons. The number of carbonyl (C=O) groups excluding carboxylic acids is 2. The van der Waals surface area contributed by atoms with E-state index in [9.17, 15) is 9.59 Å². The van der Waals surface area contributed by atoms with Gasteiger partial charge in [-0.15, -0.1) is 5.10 Å². The number of nitrogens with zero attached hydrogens (tertiary/aromatic N) is 3. The zero-order valence-electron chi connectivity index (χ0n) is 10.3. The number of carbonyl (C=O) groups is 2. The van der Waals surface area contributed by atoms with Crippen molar-refractivity contribution < 1.29 is 9.59 Å². The Balaban J connectivity index is 1.83. The lowest BCUT2D eigenvalue weighted by molar-refractivity contribution is -0.158. The number of likely N-dealkylation sites (tertiary alicyclic amines) is 1. The molecular formula is C11H15N5O2S. The van der Waals surface area contributed by atoms with E-state index in [0.717, 1.165) is 30.8 Å². The molecule has 1 aliphatic heterocycles. The smallest absolute Gasteiger partial charge is 0.232 e. The summed E-state index contributed by atoms with van der Waals surface area (Å²) in [6.07, 6.45) is 3.45. The van der Waals surface area contributed by atoms with Gasteiger partial charge in [-0.25, -0.2) is 5.84 Å². The van der Waals surface area contributed by atoms with Crippen LogP contribution in [0, 0.1) is 11.8 Å². The van der Waals surface area contributed by atoms with Crippen LogP contribution < -0.4 is 11.3 Å². The van der Waals surface area contributed by atoms with Crippen LogP contribution in [-0.4, -0.2) is 26.3 Å². The highest BCUT2D eigenvalue weighted by atomic mass is 32.1. The van der Waals surface area contributed by atoms with Gasteiger partial charge in [0.05, 0.1) is 6.54 Å². The molecule has 1 saturated heterocycles. The minimum Gasteiger partial charge on any atom is -0.313 e. The van der Waals surface area contributed by atoms with Crippen LogP contribution in [0.3, 0.4) is 0 Å². The summed E-state index contributed by atoms with van der Waals surface area (Å²) in [5.41, 5.74) is 3.04. The molecule has 1 aliphatic carbocycles. The summed E-state index contributed by atoms with van der Waals surface area (Å²) in [7, 11) is 0.